The van der Waals surface area contributed by atoms with Gasteiger partial charge < -0.3 is 5.11 Å². The number of hydrogen-bond acceptors (Lipinski definition) is 5. The molecule has 82 valence electrons. The van der Waals surface area contributed by atoms with E-state index in [1.54, 1.807) is 0 Å². The van der Waals surface area contributed by atoms with Crippen LogP contribution >= 0.6 is 0 Å². The Labute approximate surface area is 80.6 Å². The summed E-state index contributed by atoms with van der Waals surface area (Å²) >= 11 is 0. The van der Waals surface area contributed by atoms with E-state index in [4.69, 9.17) is 4.55 Å². The fourth-order valence-corrected chi connectivity index (χ4v) is 2.46. The zero-order valence-corrected chi connectivity index (χ0v) is 8.05. The Hall–Kier alpha value is -0.730. The van der Waals surface area contributed by atoms with E-state index in [0.717, 1.165) is 0 Å². The predicted octanol–water partition coefficient (Wildman–Crippen LogP) is -0.567. The molecule has 0 spiro atoms. The van der Waals surface area contributed by atoms with Gasteiger partial charge in [0.1, 0.15) is 6.10 Å². The fraction of sp³-hybridized carbons (Fsp3) is 1.00. The van der Waals surface area contributed by atoms with Crippen LogP contribution in [0.4, 0.5) is 0 Å². The maximum absolute atomic E-state index is 10.7. The highest BCUT2D eigenvalue weighted by Gasteiger charge is 2.41. The molecule has 0 saturated heterocycles. The molecule has 0 aromatic carbocycles. The first-order chi connectivity index (χ1) is 6.32. The first-order valence-electron chi connectivity index (χ1n) is 4.10. The van der Waals surface area contributed by atoms with Gasteiger partial charge >= 0.3 is 0 Å². The molecule has 0 heterocycles. The number of nitro groups is 1. The molecule has 0 aromatic rings. The number of rotatable bonds is 2. The van der Waals surface area contributed by atoms with Crippen LogP contribution in [0, 0.1) is 10.1 Å². The summed E-state index contributed by atoms with van der Waals surface area (Å²) in [6, 6.07) is -1.30. The van der Waals surface area contributed by atoms with Crippen LogP contribution in [0.15, 0.2) is 0 Å². The van der Waals surface area contributed by atoms with Gasteiger partial charge in [-0.2, -0.15) is 8.42 Å². The molecule has 1 fully saturated rings. The highest BCUT2D eigenvalue weighted by molar-refractivity contribution is 7.86. The van der Waals surface area contributed by atoms with Crippen molar-refractivity contribution in [1.29, 1.82) is 0 Å². The summed E-state index contributed by atoms with van der Waals surface area (Å²) in [5.74, 6) is 0. The lowest BCUT2D eigenvalue weighted by Gasteiger charge is -2.25. The Bertz CT molecular complexity index is 325. The van der Waals surface area contributed by atoms with Crippen LogP contribution < -0.4 is 0 Å². The van der Waals surface area contributed by atoms with Gasteiger partial charge in [0.15, 0.2) is 0 Å². The largest absolute Gasteiger partial charge is 0.386 e. The average molecular weight is 225 g/mol. The molecule has 7 nitrogen and oxygen atoms in total. The van der Waals surface area contributed by atoms with Crippen molar-refractivity contribution in [3.63, 3.8) is 0 Å². The van der Waals surface area contributed by atoms with Crippen molar-refractivity contribution >= 4 is 10.1 Å². The number of aliphatic hydroxyl groups is 1. The predicted molar refractivity (Wildman–Crippen MR) is 46.0 cm³/mol. The molecule has 3 unspecified atom stereocenters. The molecular formula is C6H11NO6S. The van der Waals surface area contributed by atoms with E-state index in [1.165, 1.54) is 0 Å². The maximum Gasteiger partial charge on any atom is 0.268 e. The molecule has 0 amide bonds. The van der Waals surface area contributed by atoms with Crippen molar-refractivity contribution in [2.75, 3.05) is 0 Å². The quantitative estimate of drug-likeness (QED) is 0.369. The van der Waals surface area contributed by atoms with Crippen molar-refractivity contribution in [1.82, 2.24) is 0 Å². The molecule has 1 saturated carbocycles. The van der Waals surface area contributed by atoms with Crippen LogP contribution in [0.1, 0.15) is 19.3 Å². The molecule has 8 heteroatoms. The van der Waals surface area contributed by atoms with Crippen LogP contribution in [-0.4, -0.2) is 40.4 Å². The standard InChI is InChI=1S/C6H11NO6S/c8-6-2-1-4(14(11,12)13)3-5(6)7(9)10/h4-6,8H,1-3H2,(H,11,12,13). The molecule has 0 aromatic heterocycles. The number of aliphatic hydroxyl groups excluding tert-OH is 1. The summed E-state index contributed by atoms with van der Waals surface area (Å²) < 4.78 is 30.1. The van der Waals surface area contributed by atoms with E-state index < -0.39 is 32.4 Å². The SMILES string of the molecule is O=[N+]([O-])C1CC(S(=O)(=O)O)CCC1O. The molecule has 0 bridgehead atoms. The molecule has 0 aliphatic heterocycles. The van der Waals surface area contributed by atoms with Crippen LogP contribution in [0.3, 0.4) is 0 Å². The van der Waals surface area contributed by atoms with Gasteiger partial charge in [-0.05, 0) is 12.8 Å². The zero-order chi connectivity index (χ0) is 10.9. The van der Waals surface area contributed by atoms with Crippen molar-refractivity contribution in [2.24, 2.45) is 0 Å². The minimum Gasteiger partial charge on any atom is -0.386 e. The lowest BCUT2D eigenvalue weighted by Crippen LogP contribution is -2.43. The molecule has 1 rings (SSSR count). The van der Waals surface area contributed by atoms with E-state index in [0.29, 0.717) is 0 Å². The highest BCUT2D eigenvalue weighted by atomic mass is 32.2. The van der Waals surface area contributed by atoms with Gasteiger partial charge in [-0.1, -0.05) is 0 Å². The topological polar surface area (TPSA) is 118 Å². The van der Waals surface area contributed by atoms with E-state index in [9.17, 15) is 23.6 Å². The second-order valence-electron chi connectivity index (χ2n) is 3.37. The third-order valence-corrected chi connectivity index (χ3v) is 3.70. The van der Waals surface area contributed by atoms with Crippen LogP contribution in [-0.2, 0) is 10.1 Å². The number of hydrogen-bond donors (Lipinski definition) is 2. The third kappa shape index (κ3) is 2.40. The summed E-state index contributed by atoms with van der Waals surface area (Å²) in [5, 5.41) is 18.5. The monoisotopic (exact) mass is 225 g/mol. The van der Waals surface area contributed by atoms with E-state index >= 15 is 0 Å². The molecule has 2 N–H and O–H groups in total. The van der Waals surface area contributed by atoms with Gasteiger partial charge in [-0.15, -0.1) is 0 Å². The normalized spacial score (nSPS) is 34.0. The van der Waals surface area contributed by atoms with Crippen molar-refractivity contribution < 1.29 is 23.0 Å². The van der Waals surface area contributed by atoms with Gasteiger partial charge in [0.2, 0.25) is 6.04 Å². The van der Waals surface area contributed by atoms with Gasteiger partial charge in [0, 0.05) is 11.3 Å². The van der Waals surface area contributed by atoms with E-state index in [2.05, 4.69) is 0 Å². The summed E-state index contributed by atoms with van der Waals surface area (Å²) in [6.07, 6.45) is -1.36. The molecule has 0 radical (unpaired) electrons. The van der Waals surface area contributed by atoms with Crippen LogP contribution in [0.5, 0.6) is 0 Å². The minimum atomic E-state index is -4.23. The molecule has 3 atom stereocenters. The molecule has 14 heavy (non-hydrogen) atoms. The smallest absolute Gasteiger partial charge is 0.268 e. The summed E-state index contributed by atoms with van der Waals surface area (Å²) in [7, 11) is -4.23. The molecule has 1 aliphatic carbocycles. The van der Waals surface area contributed by atoms with Gasteiger partial charge in [-0.3, -0.25) is 14.7 Å². The third-order valence-electron chi connectivity index (χ3n) is 2.42. The number of nitrogens with zero attached hydrogens (tertiary/aromatic N) is 1. The summed E-state index contributed by atoms with van der Waals surface area (Å²) in [6.45, 7) is 0. The Morgan fingerprint density at radius 3 is 2.36 bits per heavy atom. The maximum atomic E-state index is 10.7. The average Bonchev–Trinajstić information content (AvgIpc) is 2.02. The van der Waals surface area contributed by atoms with Crippen LogP contribution in [0.2, 0.25) is 0 Å². The second-order valence-corrected chi connectivity index (χ2v) is 5.07. The summed E-state index contributed by atoms with van der Waals surface area (Å²) in [4.78, 5) is 9.70. The van der Waals surface area contributed by atoms with Crippen molar-refractivity contribution in [2.45, 2.75) is 36.7 Å². The second kappa shape index (κ2) is 3.79. The van der Waals surface area contributed by atoms with E-state index in [-0.39, 0.29) is 19.3 Å². The van der Waals surface area contributed by atoms with Gasteiger partial charge in [-0.25, -0.2) is 0 Å². The minimum absolute atomic E-state index is 0.0239. The first-order valence-corrected chi connectivity index (χ1v) is 5.60. The van der Waals surface area contributed by atoms with Gasteiger partial charge in [0.25, 0.3) is 10.1 Å². The van der Waals surface area contributed by atoms with Gasteiger partial charge in [0.05, 0.1) is 5.25 Å². The Balaban J connectivity index is 2.77. The Morgan fingerprint density at radius 1 is 1.36 bits per heavy atom. The molecular weight excluding hydrogens is 214 g/mol. The van der Waals surface area contributed by atoms with E-state index in [1.807, 2.05) is 0 Å². The first kappa shape index (κ1) is 11.3. The van der Waals surface area contributed by atoms with Crippen molar-refractivity contribution in [3.05, 3.63) is 10.1 Å². The highest BCUT2D eigenvalue weighted by Crippen LogP contribution is 2.25. The fourth-order valence-electron chi connectivity index (χ4n) is 1.59. The zero-order valence-electron chi connectivity index (χ0n) is 7.24. The van der Waals surface area contributed by atoms with Crippen molar-refractivity contribution in [3.8, 4) is 0 Å². The Morgan fingerprint density at radius 2 is 1.93 bits per heavy atom. The Kier molecular flexibility index (Phi) is 3.07. The lowest BCUT2D eigenvalue weighted by molar-refractivity contribution is -0.537. The lowest BCUT2D eigenvalue weighted by atomic mass is 9.93. The summed E-state index contributed by atoms with van der Waals surface area (Å²) in [5.41, 5.74) is 0. The molecule has 1 aliphatic rings. The van der Waals surface area contributed by atoms with Crippen LogP contribution in [0.25, 0.3) is 0 Å².